The van der Waals surface area contributed by atoms with Gasteiger partial charge < -0.3 is 28.7 Å². The second-order valence-electron chi connectivity index (χ2n) is 16.1. The van der Waals surface area contributed by atoms with Gasteiger partial charge in [0.05, 0.1) is 22.3 Å². The molecule has 0 unspecified atom stereocenters. The largest absolute Gasteiger partial charge is 0.456 e. The molecule has 8 aliphatic rings. The summed E-state index contributed by atoms with van der Waals surface area (Å²) >= 11 is 0. The highest BCUT2D eigenvalue weighted by Gasteiger charge is 2.59. The first kappa shape index (κ1) is 29.7. The van der Waals surface area contributed by atoms with Crippen molar-refractivity contribution < 1.29 is 28.5 Å². The number of esters is 2. The number of carbonyl (C=O) groups excluding carboxylic acids is 2. The quantitative estimate of drug-likeness (QED) is 0.149. The Morgan fingerprint density at radius 2 is 0.907 bits per heavy atom. The van der Waals surface area contributed by atoms with Crippen molar-refractivity contribution in [1.82, 2.24) is 0 Å². The Balaban J connectivity index is 1.13. The Labute approximate surface area is 312 Å². The molecule has 0 saturated heterocycles. The topological polar surface area (TPSA) is 77.5 Å². The van der Waals surface area contributed by atoms with E-state index in [1.54, 1.807) is 0 Å². The zero-order chi connectivity index (χ0) is 35.5. The number of benzene rings is 5. The molecule has 8 nitrogen and oxygen atoms in total. The fraction of sp³-hybridized carbons (Fsp3) is 0.304. The van der Waals surface area contributed by atoms with Gasteiger partial charge in [0, 0.05) is 70.9 Å². The first-order valence-electron chi connectivity index (χ1n) is 19.6. The third kappa shape index (κ3) is 3.42. The second kappa shape index (κ2) is 10.1. The van der Waals surface area contributed by atoms with Crippen LogP contribution in [0, 0.1) is 0 Å². The third-order valence-electron chi connectivity index (χ3n) is 13.5. The van der Waals surface area contributed by atoms with Gasteiger partial charge in [-0.2, -0.15) is 0 Å². The number of aryl methyl sites for hydroxylation is 2. The van der Waals surface area contributed by atoms with Crippen LogP contribution >= 0.6 is 0 Å². The van der Waals surface area contributed by atoms with Crippen molar-refractivity contribution >= 4 is 23.3 Å². The van der Waals surface area contributed by atoms with E-state index in [-0.39, 0.29) is 11.9 Å². The third-order valence-corrected chi connectivity index (χ3v) is 13.5. The van der Waals surface area contributed by atoms with Crippen LogP contribution in [0.2, 0.25) is 0 Å². The zero-order valence-corrected chi connectivity index (χ0v) is 29.8. The number of nitrogens with zero attached hydrogens (tertiary/aromatic N) is 2. The lowest BCUT2D eigenvalue weighted by molar-refractivity contribution is 0.0194. The smallest absolute Gasteiger partial charge is 0.340 e. The van der Waals surface area contributed by atoms with Gasteiger partial charge in [0.2, 0.25) is 0 Å². The van der Waals surface area contributed by atoms with Gasteiger partial charge in [-0.05, 0) is 98.9 Å². The lowest BCUT2D eigenvalue weighted by Gasteiger charge is -2.45. The number of anilines is 2. The van der Waals surface area contributed by atoms with Crippen LogP contribution in [0.5, 0.6) is 23.0 Å². The Morgan fingerprint density at radius 3 is 1.37 bits per heavy atom. The summed E-state index contributed by atoms with van der Waals surface area (Å²) in [4.78, 5) is 33.0. The van der Waals surface area contributed by atoms with Gasteiger partial charge in [-0.15, -0.1) is 0 Å². The van der Waals surface area contributed by atoms with Gasteiger partial charge in [0.25, 0.3) is 0 Å². The van der Waals surface area contributed by atoms with E-state index in [4.69, 9.17) is 18.9 Å². The Hall–Kier alpha value is -5.76. The van der Waals surface area contributed by atoms with Crippen molar-refractivity contribution in [3.8, 4) is 23.0 Å². The Morgan fingerprint density at radius 1 is 0.481 bits per heavy atom. The molecule has 8 heterocycles. The van der Waals surface area contributed by atoms with Gasteiger partial charge in [0.15, 0.2) is 11.2 Å². The molecule has 5 aromatic rings. The molecule has 0 fully saturated rings. The average molecular weight is 713 g/mol. The van der Waals surface area contributed by atoms with E-state index in [0.717, 1.165) is 111 Å². The highest BCUT2D eigenvalue weighted by atomic mass is 16.6. The molecule has 266 valence electrons. The molecule has 8 aliphatic heterocycles. The molecule has 2 spiro atoms. The van der Waals surface area contributed by atoms with E-state index < -0.39 is 11.2 Å². The van der Waals surface area contributed by atoms with Gasteiger partial charge >= 0.3 is 11.9 Å². The summed E-state index contributed by atoms with van der Waals surface area (Å²) in [5.41, 5.74) is 10.9. The predicted molar refractivity (Wildman–Crippen MR) is 201 cm³/mol. The number of hydrogen-bond acceptors (Lipinski definition) is 8. The predicted octanol–water partition coefficient (Wildman–Crippen LogP) is 8.22. The van der Waals surface area contributed by atoms with Crippen LogP contribution in [-0.4, -0.2) is 38.1 Å². The van der Waals surface area contributed by atoms with Gasteiger partial charge in [-0.1, -0.05) is 36.4 Å². The van der Waals surface area contributed by atoms with Gasteiger partial charge in [-0.25, -0.2) is 9.59 Å². The summed E-state index contributed by atoms with van der Waals surface area (Å²) in [6, 6.07) is 24.1. The van der Waals surface area contributed by atoms with E-state index in [0.29, 0.717) is 33.8 Å². The number of rotatable bonds is 0. The summed E-state index contributed by atoms with van der Waals surface area (Å²) in [7, 11) is 0. The zero-order valence-electron chi connectivity index (χ0n) is 29.8. The number of hydrogen-bond donors (Lipinski definition) is 0. The fourth-order valence-corrected chi connectivity index (χ4v) is 11.4. The Bertz CT molecular complexity index is 2430. The minimum Gasteiger partial charge on any atom is -0.456 e. The molecule has 2 atom stereocenters. The summed E-state index contributed by atoms with van der Waals surface area (Å²) in [5, 5.41) is 0. The van der Waals surface area contributed by atoms with E-state index in [2.05, 4.69) is 21.9 Å². The van der Waals surface area contributed by atoms with Crippen LogP contribution in [-0.2, 0) is 46.4 Å². The second-order valence-corrected chi connectivity index (χ2v) is 16.1. The normalized spacial score (nSPS) is 24.1. The molecular formula is C46H36N2O6. The van der Waals surface area contributed by atoms with E-state index >= 15 is 0 Å². The lowest BCUT2D eigenvalue weighted by Crippen LogP contribution is -2.39. The van der Waals surface area contributed by atoms with Crippen LogP contribution in [0.3, 0.4) is 0 Å². The average Bonchev–Trinajstić information content (AvgIpc) is 3.67. The molecule has 54 heavy (non-hydrogen) atoms. The van der Waals surface area contributed by atoms with Gasteiger partial charge in [0.1, 0.15) is 23.0 Å². The van der Waals surface area contributed by atoms with Crippen molar-refractivity contribution in [2.45, 2.75) is 62.6 Å². The number of ether oxygens (including phenoxy) is 4. The van der Waals surface area contributed by atoms with Crippen LogP contribution in [0.4, 0.5) is 11.4 Å². The van der Waals surface area contributed by atoms with Crippen LogP contribution in [0.1, 0.15) is 102 Å². The van der Waals surface area contributed by atoms with Crippen molar-refractivity contribution in [2.24, 2.45) is 0 Å². The minimum absolute atomic E-state index is 0.354. The molecule has 0 radical (unpaired) electrons. The summed E-state index contributed by atoms with van der Waals surface area (Å²) in [5.74, 6) is 1.98. The van der Waals surface area contributed by atoms with E-state index in [1.807, 2.05) is 60.7 Å². The number of carbonyl (C=O) groups is 2. The highest BCUT2D eigenvalue weighted by Crippen LogP contribution is 2.64. The summed E-state index contributed by atoms with van der Waals surface area (Å²) in [6.45, 7) is 4.11. The van der Waals surface area contributed by atoms with Crippen molar-refractivity contribution in [1.29, 1.82) is 0 Å². The van der Waals surface area contributed by atoms with Crippen LogP contribution in [0.25, 0.3) is 0 Å². The minimum atomic E-state index is -1.25. The molecule has 0 bridgehead atoms. The SMILES string of the molecule is O=C1O[C@]2(c3cc4c(cc3Oc3c2cc2c5c3CCCN5CCC2)[C@@]2(OC(=O)c3ccccc32)c2cc3c5c(c2O4)CCCN5CCC3)c2ccccc21. The molecule has 0 amide bonds. The molecule has 13 rings (SSSR count). The standard InChI is InChI=1S/C46H36N2O6/c49-43-27-11-1-3-15-31(27)45(53-43)33-23-38-34(24-37(33)51-41-29-13-7-19-47-17-5-9-25(39(29)47)21-35(41)45)46(32-16-4-2-12-28(32)44(50)54-46)36-22-26-10-6-18-48-20-8-14-30(40(26)48)42(36)52-38/h1-4,11-12,15-16,21-24H,5-10,13-14,17-20H2/t45-,46+. The van der Waals surface area contributed by atoms with Crippen LogP contribution in [0.15, 0.2) is 72.8 Å². The van der Waals surface area contributed by atoms with Crippen molar-refractivity contribution in [3.63, 3.8) is 0 Å². The maximum Gasteiger partial charge on any atom is 0.340 e. The van der Waals surface area contributed by atoms with Gasteiger partial charge in [-0.3, -0.25) is 0 Å². The molecule has 0 N–H and O–H groups in total. The number of fused-ring (bicyclic) bond motifs is 14. The molecular weight excluding hydrogens is 677 g/mol. The Kier molecular flexibility index (Phi) is 5.52. The maximum absolute atomic E-state index is 14.0. The monoisotopic (exact) mass is 712 g/mol. The molecule has 0 aliphatic carbocycles. The first-order chi connectivity index (χ1) is 26.5. The summed E-state index contributed by atoms with van der Waals surface area (Å²) < 4.78 is 27.9. The van der Waals surface area contributed by atoms with E-state index in [1.165, 1.54) is 33.6 Å². The van der Waals surface area contributed by atoms with Crippen LogP contribution < -0.4 is 19.3 Å². The fourth-order valence-electron chi connectivity index (χ4n) is 11.4. The molecule has 0 aromatic heterocycles. The lowest BCUT2D eigenvalue weighted by atomic mass is 9.71. The maximum atomic E-state index is 14.0. The highest BCUT2D eigenvalue weighted by molar-refractivity contribution is 5.99. The molecule has 8 heteroatoms. The molecule has 5 aromatic carbocycles. The van der Waals surface area contributed by atoms with Crippen molar-refractivity contribution in [3.05, 3.63) is 140 Å². The first-order valence-corrected chi connectivity index (χ1v) is 19.6. The van der Waals surface area contributed by atoms with E-state index in [9.17, 15) is 9.59 Å². The molecule has 0 saturated carbocycles. The summed E-state index contributed by atoms with van der Waals surface area (Å²) in [6.07, 6.45) is 7.90. The van der Waals surface area contributed by atoms with Crippen molar-refractivity contribution in [2.75, 3.05) is 36.0 Å².